The van der Waals surface area contributed by atoms with Crippen molar-refractivity contribution >= 4 is 21.6 Å². The SMILES string of the molecule is Cc1cccc(C)c1NCC(=O)N1CCN(S(=O)(=O)Cc2ccccc2)CC1. The summed E-state index contributed by atoms with van der Waals surface area (Å²) in [7, 11) is -3.37. The van der Waals surface area contributed by atoms with Gasteiger partial charge in [0, 0.05) is 31.9 Å². The van der Waals surface area contributed by atoms with Crippen LogP contribution in [-0.2, 0) is 20.6 Å². The molecule has 150 valence electrons. The van der Waals surface area contributed by atoms with Gasteiger partial charge in [-0.3, -0.25) is 4.79 Å². The molecule has 1 amide bonds. The number of hydrogen-bond acceptors (Lipinski definition) is 4. The van der Waals surface area contributed by atoms with Crippen molar-refractivity contribution in [1.29, 1.82) is 0 Å². The number of hydrogen-bond donors (Lipinski definition) is 1. The number of carbonyl (C=O) groups excluding carboxylic acids is 1. The number of benzene rings is 2. The molecule has 0 saturated carbocycles. The van der Waals surface area contributed by atoms with E-state index in [1.54, 1.807) is 4.90 Å². The molecule has 28 heavy (non-hydrogen) atoms. The van der Waals surface area contributed by atoms with Gasteiger partial charge in [-0.25, -0.2) is 8.42 Å². The summed E-state index contributed by atoms with van der Waals surface area (Å²) >= 11 is 0. The number of anilines is 1. The largest absolute Gasteiger partial charge is 0.376 e. The van der Waals surface area contributed by atoms with Crippen LogP contribution in [0.25, 0.3) is 0 Å². The third-order valence-electron chi connectivity index (χ3n) is 5.07. The molecule has 3 rings (SSSR count). The van der Waals surface area contributed by atoms with E-state index in [9.17, 15) is 13.2 Å². The number of nitrogens with one attached hydrogen (secondary N) is 1. The highest BCUT2D eigenvalue weighted by Gasteiger charge is 2.28. The predicted octanol–water partition coefficient (Wildman–Crippen LogP) is 2.39. The van der Waals surface area contributed by atoms with Crippen LogP contribution < -0.4 is 5.32 Å². The quantitative estimate of drug-likeness (QED) is 0.807. The maximum atomic E-state index is 12.6. The van der Waals surface area contributed by atoms with Crippen LogP contribution in [-0.4, -0.2) is 56.3 Å². The van der Waals surface area contributed by atoms with Gasteiger partial charge >= 0.3 is 0 Å². The molecule has 0 radical (unpaired) electrons. The molecule has 0 aromatic heterocycles. The normalized spacial score (nSPS) is 15.4. The zero-order valence-corrected chi connectivity index (χ0v) is 17.2. The van der Waals surface area contributed by atoms with Crippen molar-refractivity contribution in [3.05, 3.63) is 65.2 Å². The van der Waals surface area contributed by atoms with E-state index in [-0.39, 0.29) is 18.2 Å². The van der Waals surface area contributed by atoms with Gasteiger partial charge in [-0.2, -0.15) is 4.31 Å². The maximum Gasteiger partial charge on any atom is 0.241 e. The highest BCUT2D eigenvalue weighted by atomic mass is 32.2. The molecule has 0 unspecified atom stereocenters. The lowest BCUT2D eigenvalue weighted by Crippen LogP contribution is -2.51. The Balaban J connectivity index is 1.52. The molecular weight excluding hydrogens is 374 g/mol. The fourth-order valence-electron chi connectivity index (χ4n) is 3.46. The molecule has 7 heteroatoms. The number of sulfonamides is 1. The predicted molar refractivity (Wildman–Crippen MR) is 112 cm³/mol. The Kier molecular flexibility index (Phi) is 6.36. The third kappa shape index (κ3) is 4.91. The first kappa shape index (κ1) is 20.4. The Labute approximate surface area is 167 Å². The molecule has 1 saturated heterocycles. The Hall–Kier alpha value is -2.38. The minimum absolute atomic E-state index is 0.00406. The first-order valence-corrected chi connectivity index (χ1v) is 11.1. The van der Waals surface area contributed by atoms with Crippen LogP contribution in [0.2, 0.25) is 0 Å². The van der Waals surface area contributed by atoms with Gasteiger partial charge in [0.25, 0.3) is 0 Å². The number of aryl methyl sites for hydroxylation is 2. The van der Waals surface area contributed by atoms with E-state index in [2.05, 4.69) is 5.32 Å². The summed E-state index contributed by atoms with van der Waals surface area (Å²) in [5, 5.41) is 3.23. The van der Waals surface area contributed by atoms with E-state index in [1.165, 1.54) is 4.31 Å². The first-order valence-electron chi connectivity index (χ1n) is 9.46. The molecule has 1 aliphatic rings. The van der Waals surface area contributed by atoms with Crippen LogP contribution >= 0.6 is 0 Å². The second-order valence-corrected chi connectivity index (χ2v) is 9.11. The number of rotatable bonds is 6. The average molecular weight is 402 g/mol. The molecule has 1 aliphatic heterocycles. The first-order chi connectivity index (χ1) is 13.4. The fraction of sp³-hybridized carbons (Fsp3) is 0.381. The monoisotopic (exact) mass is 401 g/mol. The van der Waals surface area contributed by atoms with E-state index in [0.29, 0.717) is 26.2 Å². The summed E-state index contributed by atoms with van der Waals surface area (Å²) < 4.78 is 26.7. The highest BCUT2D eigenvalue weighted by molar-refractivity contribution is 7.88. The molecule has 0 spiro atoms. The molecule has 2 aromatic rings. The summed E-state index contributed by atoms with van der Waals surface area (Å²) in [6, 6.07) is 15.2. The van der Waals surface area contributed by atoms with Crippen molar-refractivity contribution in [3.63, 3.8) is 0 Å². The van der Waals surface area contributed by atoms with Crippen LogP contribution in [0.5, 0.6) is 0 Å². The van der Waals surface area contributed by atoms with Crippen LogP contribution in [0.3, 0.4) is 0 Å². The van der Waals surface area contributed by atoms with Gasteiger partial charge in [-0.1, -0.05) is 48.5 Å². The second-order valence-electron chi connectivity index (χ2n) is 7.14. The topological polar surface area (TPSA) is 69.7 Å². The van der Waals surface area contributed by atoms with E-state index in [4.69, 9.17) is 0 Å². The highest BCUT2D eigenvalue weighted by Crippen LogP contribution is 2.19. The van der Waals surface area contributed by atoms with Gasteiger partial charge in [0.1, 0.15) is 0 Å². The Bertz CT molecular complexity index is 901. The lowest BCUT2D eigenvalue weighted by molar-refractivity contribution is -0.130. The standard InChI is InChI=1S/C21H27N3O3S/c1-17-7-6-8-18(2)21(17)22-15-20(25)23-11-13-24(14-12-23)28(26,27)16-19-9-4-3-5-10-19/h3-10,22H,11-16H2,1-2H3. The lowest BCUT2D eigenvalue weighted by Gasteiger charge is -2.34. The molecule has 1 N–H and O–H groups in total. The van der Waals surface area contributed by atoms with Gasteiger partial charge < -0.3 is 10.2 Å². The van der Waals surface area contributed by atoms with E-state index < -0.39 is 10.0 Å². The molecule has 0 atom stereocenters. The number of para-hydroxylation sites is 1. The van der Waals surface area contributed by atoms with Crippen LogP contribution in [0.4, 0.5) is 5.69 Å². The number of nitrogens with zero attached hydrogens (tertiary/aromatic N) is 2. The van der Waals surface area contributed by atoms with Crippen molar-refractivity contribution in [3.8, 4) is 0 Å². The summed E-state index contributed by atoms with van der Waals surface area (Å²) in [5.41, 5.74) is 3.97. The average Bonchev–Trinajstić information content (AvgIpc) is 2.68. The van der Waals surface area contributed by atoms with E-state index in [0.717, 1.165) is 22.4 Å². The number of amides is 1. The van der Waals surface area contributed by atoms with Gasteiger partial charge in [0.15, 0.2) is 0 Å². The second kappa shape index (κ2) is 8.75. The zero-order chi connectivity index (χ0) is 20.1. The van der Waals surface area contributed by atoms with Crippen molar-refractivity contribution in [2.45, 2.75) is 19.6 Å². The molecular formula is C21H27N3O3S. The molecule has 6 nitrogen and oxygen atoms in total. The fourth-order valence-corrected chi connectivity index (χ4v) is 4.98. The number of carbonyl (C=O) groups is 1. The minimum atomic E-state index is -3.37. The van der Waals surface area contributed by atoms with Gasteiger partial charge in [0.2, 0.25) is 15.9 Å². The molecule has 1 fully saturated rings. The van der Waals surface area contributed by atoms with Crippen molar-refractivity contribution in [2.24, 2.45) is 0 Å². The minimum Gasteiger partial charge on any atom is -0.376 e. The van der Waals surface area contributed by atoms with Crippen molar-refractivity contribution in [1.82, 2.24) is 9.21 Å². The summed E-state index contributed by atoms with van der Waals surface area (Å²) in [5.74, 6) is -0.0154. The smallest absolute Gasteiger partial charge is 0.241 e. The molecule has 2 aromatic carbocycles. The molecule has 0 aliphatic carbocycles. The number of piperazine rings is 1. The third-order valence-corrected chi connectivity index (χ3v) is 6.92. The van der Waals surface area contributed by atoms with E-state index >= 15 is 0 Å². The van der Waals surface area contributed by atoms with E-state index in [1.807, 2.05) is 62.4 Å². The molecule has 0 bridgehead atoms. The molecule has 1 heterocycles. The Morgan fingerprint density at radius 1 is 0.929 bits per heavy atom. The van der Waals surface area contributed by atoms with Crippen LogP contribution in [0.1, 0.15) is 16.7 Å². The van der Waals surface area contributed by atoms with Crippen molar-refractivity contribution in [2.75, 3.05) is 38.0 Å². The Morgan fingerprint density at radius 3 is 2.14 bits per heavy atom. The van der Waals surface area contributed by atoms with Crippen LogP contribution in [0.15, 0.2) is 48.5 Å². The maximum absolute atomic E-state index is 12.6. The summed E-state index contributed by atoms with van der Waals surface area (Å²) in [4.78, 5) is 14.3. The Morgan fingerprint density at radius 2 is 1.54 bits per heavy atom. The van der Waals surface area contributed by atoms with Crippen molar-refractivity contribution < 1.29 is 13.2 Å². The zero-order valence-electron chi connectivity index (χ0n) is 16.4. The lowest BCUT2D eigenvalue weighted by atomic mass is 10.1. The van der Waals surface area contributed by atoms with Gasteiger partial charge in [-0.15, -0.1) is 0 Å². The summed E-state index contributed by atoms with van der Waals surface area (Å²) in [6.07, 6.45) is 0. The van der Waals surface area contributed by atoms with Crippen LogP contribution in [0, 0.1) is 13.8 Å². The van der Waals surface area contributed by atoms with Gasteiger partial charge in [-0.05, 0) is 30.5 Å². The summed E-state index contributed by atoms with van der Waals surface area (Å²) in [6.45, 7) is 5.74. The van der Waals surface area contributed by atoms with Gasteiger partial charge in [0.05, 0.1) is 12.3 Å².